The van der Waals surface area contributed by atoms with Crippen LogP contribution in [0.4, 0.5) is 5.00 Å². The topological polar surface area (TPSA) is 87.1 Å². The van der Waals surface area contributed by atoms with Gasteiger partial charge in [0.1, 0.15) is 10.8 Å². The Bertz CT molecular complexity index is 921. The minimum absolute atomic E-state index is 0.159. The molecule has 6 nitrogen and oxygen atoms in total. The van der Waals surface area contributed by atoms with E-state index in [1.165, 1.54) is 11.3 Å². The number of carbonyl (C=O) groups is 2. The highest BCUT2D eigenvalue weighted by molar-refractivity contribution is 7.18. The number of hydrogen-bond acceptors (Lipinski definition) is 4. The minimum atomic E-state index is -0.195. The molecular weight excluding hydrogens is 326 g/mol. The minimum Gasteiger partial charge on any atom is -0.467 e. The maximum Gasteiger partial charge on any atom is 0.261 e. The van der Waals surface area contributed by atoms with Gasteiger partial charge >= 0.3 is 0 Å². The molecule has 24 heavy (non-hydrogen) atoms. The molecule has 0 bridgehead atoms. The van der Waals surface area contributed by atoms with E-state index in [2.05, 4.69) is 15.6 Å². The number of H-pyrrole nitrogens is 1. The highest BCUT2D eigenvalue weighted by Crippen LogP contribution is 2.39. The summed E-state index contributed by atoms with van der Waals surface area (Å²) in [5, 5.41) is 6.30. The van der Waals surface area contributed by atoms with Crippen molar-refractivity contribution in [1.82, 2.24) is 10.3 Å². The van der Waals surface area contributed by atoms with E-state index in [9.17, 15) is 9.59 Å². The van der Waals surface area contributed by atoms with E-state index in [1.54, 1.807) is 36.7 Å². The summed E-state index contributed by atoms with van der Waals surface area (Å²) in [5.41, 5.74) is 2.14. The van der Waals surface area contributed by atoms with Gasteiger partial charge in [-0.3, -0.25) is 9.59 Å². The Labute approximate surface area is 141 Å². The lowest BCUT2D eigenvalue weighted by Crippen LogP contribution is -2.21. The first kappa shape index (κ1) is 14.5. The number of aromatic amines is 1. The molecule has 0 spiro atoms. The van der Waals surface area contributed by atoms with Gasteiger partial charge in [0.15, 0.2) is 0 Å². The lowest BCUT2D eigenvalue weighted by Gasteiger charge is -2.01. The van der Waals surface area contributed by atoms with E-state index in [0.29, 0.717) is 27.8 Å². The van der Waals surface area contributed by atoms with Crippen molar-refractivity contribution in [3.8, 4) is 0 Å². The molecule has 0 fully saturated rings. The highest BCUT2D eigenvalue weighted by atomic mass is 32.1. The molecule has 1 aliphatic rings. The number of hydrogen-bond donors (Lipinski definition) is 3. The lowest BCUT2D eigenvalue weighted by atomic mass is 10.1. The maximum atomic E-state index is 12.3. The van der Waals surface area contributed by atoms with E-state index in [-0.39, 0.29) is 11.8 Å². The summed E-state index contributed by atoms with van der Waals surface area (Å²) in [6.45, 7) is 0.325. The number of thiophene rings is 1. The predicted molar refractivity (Wildman–Crippen MR) is 91.5 cm³/mol. The molecule has 0 unspecified atom stereocenters. The monoisotopic (exact) mass is 339 g/mol. The van der Waals surface area contributed by atoms with E-state index < -0.39 is 0 Å². The summed E-state index contributed by atoms with van der Waals surface area (Å²) in [7, 11) is 0. The van der Waals surface area contributed by atoms with Crippen LogP contribution in [0.2, 0.25) is 0 Å². The highest BCUT2D eigenvalue weighted by Gasteiger charge is 2.28. The molecule has 120 valence electrons. The number of fused-ring (bicyclic) bond motifs is 1. The third-order valence-electron chi connectivity index (χ3n) is 3.64. The molecule has 0 radical (unpaired) electrons. The fraction of sp³-hybridized carbons (Fsp3) is 0.0588. The van der Waals surface area contributed by atoms with Crippen molar-refractivity contribution in [2.45, 2.75) is 6.54 Å². The second-order valence-electron chi connectivity index (χ2n) is 5.25. The maximum absolute atomic E-state index is 12.3. The van der Waals surface area contributed by atoms with Gasteiger partial charge in [0.2, 0.25) is 0 Å². The number of anilines is 1. The van der Waals surface area contributed by atoms with Crippen LogP contribution in [0.15, 0.2) is 47.2 Å². The Kier molecular flexibility index (Phi) is 3.55. The van der Waals surface area contributed by atoms with Gasteiger partial charge in [0.25, 0.3) is 11.8 Å². The average molecular weight is 339 g/mol. The van der Waals surface area contributed by atoms with Gasteiger partial charge in [-0.15, -0.1) is 11.3 Å². The summed E-state index contributed by atoms with van der Waals surface area (Å²) < 4.78 is 5.19. The molecule has 3 aromatic rings. The fourth-order valence-corrected chi connectivity index (χ4v) is 3.47. The SMILES string of the molecule is O=C1Nc2sc(C(=O)NCc3ccco3)cc2/C1=C/c1ccc[nH]1. The smallest absolute Gasteiger partial charge is 0.261 e. The lowest BCUT2D eigenvalue weighted by molar-refractivity contribution is -0.110. The van der Waals surface area contributed by atoms with Crippen molar-refractivity contribution in [2.75, 3.05) is 5.32 Å². The molecule has 0 saturated carbocycles. The number of furan rings is 1. The molecule has 2 amide bonds. The molecule has 4 rings (SSSR count). The molecule has 1 aliphatic heterocycles. The Morgan fingerprint density at radius 1 is 1.33 bits per heavy atom. The van der Waals surface area contributed by atoms with Gasteiger partial charge in [-0.2, -0.15) is 0 Å². The van der Waals surface area contributed by atoms with E-state index in [4.69, 9.17) is 4.42 Å². The molecule has 0 aliphatic carbocycles. The van der Waals surface area contributed by atoms with Gasteiger partial charge in [-0.05, 0) is 36.4 Å². The van der Waals surface area contributed by atoms with Crippen LogP contribution < -0.4 is 10.6 Å². The Morgan fingerprint density at radius 2 is 2.25 bits per heavy atom. The van der Waals surface area contributed by atoms with Gasteiger partial charge < -0.3 is 20.0 Å². The molecule has 0 atom stereocenters. The molecule has 4 heterocycles. The zero-order chi connectivity index (χ0) is 16.5. The number of aromatic nitrogens is 1. The largest absolute Gasteiger partial charge is 0.467 e. The second-order valence-corrected chi connectivity index (χ2v) is 6.31. The quantitative estimate of drug-likeness (QED) is 0.638. The first-order valence-corrected chi connectivity index (χ1v) is 8.13. The van der Waals surface area contributed by atoms with Crippen molar-refractivity contribution < 1.29 is 14.0 Å². The first-order valence-electron chi connectivity index (χ1n) is 7.32. The third kappa shape index (κ3) is 2.65. The molecule has 0 aromatic carbocycles. The standard InChI is InChI=1S/C17H13N3O3S/c21-15-12(7-10-3-1-5-18-10)13-8-14(24-17(13)20-15)16(22)19-9-11-4-2-6-23-11/h1-8,18H,9H2,(H,19,22)(H,20,21)/b12-7-. The third-order valence-corrected chi connectivity index (χ3v) is 4.69. The molecule has 7 heteroatoms. The van der Waals surface area contributed by atoms with Crippen molar-refractivity contribution >= 4 is 39.8 Å². The van der Waals surface area contributed by atoms with Crippen LogP contribution in [0, 0.1) is 0 Å². The zero-order valence-electron chi connectivity index (χ0n) is 12.5. The fourth-order valence-electron chi connectivity index (χ4n) is 2.49. The summed E-state index contributed by atoms with van der Waals surface area (Å²) >= 11 is 1.26. The Hall–Kier alpha value is -3.06. The van der Waals surface area contributed by atoms with E-state index in [0.717, 1.165) is 11.3 Å². The number of rotatable bonds is 4. The Morgan fingerprint density at radius 3 is 3.00 bits per heavy atom. The summed E-state index contributed by atoms with van der Waals surface area (Å²) in [5.74, 6) is 0.334. The predicted octanol–water partition coefficient (Wildman–Crippen LogP) is 3.09. The van der Waals surface area contributed by atoms with Gasteiger partial charge in [-0.1, -0.05) is 0 Å². The van der Waals surface area contributed by atoms with Crippen molar-refractivity contribution in [3.63, 3.8) is 0 Å². The van der Waals surface area contributed by atoms with Crippen molar-refractivity contribution in [1.29, 1.82) is 0 Å². The molecule has 3 N–H and O–H groups in total. The van der Waals surface area contributed by atoms with Gasteiger partial charge in [0.05, 0.1) is 23.3 Å². The van der Waals surface area contributed by atoms with Crippen LogP contribution in [0.25, 0.3) is 11.6 Å². The van der Waals surface area contributed by atoms with Crippen LogP contribution in [0.5, 0.6) is 0 Å². The van der Waals surface area contributed by atoms with E-state index >= 15 is 0 Å². The molecule has 0 saturated heterocycles. The normalized spacial score (nSPS) is 14.7. The summed E-state index contributed by atoms with van der Waals surface area (Å²) in [6.07, 6.45) is 5.13. The zero-order valence-corrected chi connectivity index (χ0v) is 13.3. The van der Waals surface area contributed by atoms with Crippen LogP contribution in [0.1, 0.15) is 26.7 Å². The van der Waals surface area contributed by atoms with Gasteiger partial charge in [-0.25, -0.2) is 0 Å². The second kappa shape index (κ2) is 5.86. The average Bonchev–Trinajstić information content (AvgIpc) is 3.32. The van der Waals surface area contributed by atoms with Crippen LogP contribution in [-0.2, 0) is 11.3 Å². The summed E-state index contributed by atoms with van der Waals surface area (Å²) in [6, 6.07) is 9.05. The molecule has 3 aromatic heterocycles. The van der Waals surface area contributed by atoms with Crippen molar-refractivity contribution in [3.05, 3.63) is 64.7 Å². The van der Waals surface area contributed by atoms with Crippen LogP contribution in [0.3, 0.4) is 0 Å². The first-order chi connectivity index (χ1) is 11.7. The number of nitrogens with one attached hydrogen (secondary N) is 3. The number of carbonyl (C=O) groups excluding carboxylic acids is 2. The van der Waals surface area contributed by atoms with E-state index in [1.807, 2.05) is 12.1 Å². The van der Waals surface area contributed by atoms with Crippen LogP contribution >= 0.6 is 11.3 Å². The number of amides is 2. The summed E-state index contributed by atoms with van der Waals surface area (Å²) in [4.78, 5) is 27.9. The van der Waals surface area contributed by atoms with Crippen molar-refractivity contribution in [2.24, 2.45) is 0 Å². The van der Waals surface area contributed by atoms with Crippen LogP contribution in [-0.4, -0.2) is 16.8 Å². The Balaban J connectivity index is 1.55. The molecular formula is C17H13N3O3S. The van der Waals surface area contributed by atoms with Gasteiger partial charge in [0, 0.05) is 17.5 Å².